The fourth-order valence-corrected chi connectivity index (χ4v) is 8.84. The summed E-state index contributed by atoms with van der Waals surface area (Å²) in [6.07, 6.45) is 53.8. The van der Waals surface area contributed by atoms with Crippen molar-refractivity contribution in [3.8, 4) is 0 Å². The van der Waals surface area contributed by atoms with Crippen molar-refractivity contribution < 1.29 is 28.6 Å². The van der Waals surface area contributed by atoms with Gasteiger partial charge < -0.3 is 14.2 Å². The first-order valence-corrected chi connectivity index (χ1v) is 28.8. The number of rotatable bonds is 52. The van der Waals surface area contributed by atoms with Crippen molar-refractivity contribution in [3.05, 3.63) is 0 Å². The molecule has 64 heavy (non-hydrogen) atoms. The first kappa shape index (κ1) is 62.4. The molecule has 380 valence electrons. The van der Waals surface area contributed by atoms with Crippen molar-refractivity contribution in [2.45, 2.75) is 330 Å². The summed E-state index contributed by atoms with van der Waals surface area (Å²) in [5.74, 6) is 0.844. The topological polar surface area (TPSA) is 78.9 Å². The highest BCUT2D eigenvalue weighted by Gasteiger charge is 2.19. The molecule has 0 aromatic carbocycles. The lowest BCUT2D eigenvalue weighted by molar-refractivity contribution is -0.167. The van der Waals surface area contributed by atoms with Gasteiger partial charge in [0.1, 0.15) is 13.2 Å². The lowest BCUT2D eigenvalue weighted by Crippen LogP contribution is -2.30. The van der Waals surface area contributed by atoms with E-state index in [1.54, 1.807) is 0 Å². The van der Waals surface area contributed by atoms with Gasteiger partial charge in [-0.3, -0.25) is 14.4 Å². The monoisotopic (exact) mass is 905 g/mol. The van der Waals surface area contributed by atoms with Gasteiger partial charge in [0.25, 0.3) is 0 Å². The third kappa shape index (κ3) is 49.8. The van der Waals surface area contributed by atoms with Crippen LogP contribution in [0.2, 0.25) is 0 Å². The Morgan fingerprint density at radius 1 is 0.328 bits per heavy atom. The van der Waals surface area contributed by atoms with Gasteiger partial charge >= 0.3 is 17.9 Å². The molecule has 1 unspecified atom stereocenters. The first-order chi connectivity index (χ1) is 31.3. The quantitative estimate of drug-likeness (QED) is 0.0344. The van der Waals surface area contributed by atoms with Crippen molar-refractivity contribution in [1.82, 2.24) is 0 Å². The Balaban J connectivity index is 4.28. The summed E-state index contributed by atoms with van der Waals surface area (Å²) in [7, 11) is 0. The largest absolute Gasteiger partial charge is 0.462 e. The Bertz CT molecular complexity index is 980. The molecule has 0 aliphatic rings. The molecular weight excluding hydrogens is 793 g/mol. The van der Waals surface area contributed by atoms with Crippen LogP contribution >= 0.6 is 0 Å². The summed E-state index contributed by atoms with van der Waals surface area (Å²) < 4.78 is 16.9. The maximum atomic E-state index is 12.8. The normalized spacial score (nSPS) is 12.5. The van der Waals surface area contributed by atoms with Gasteiger partial charge in [0.2, 0.25) is 0 Å². The zero-order valence-electron chi connectivity index (χ0n) is 43.9. The molecule has 0 amide bonds. The average Bonchev–Trinajstić information content (AvgIpc) is 3.28. The minimum Gasteiger partial charge on any atom is -0.462 e. The van der Waals surface area contributed by atoms with Gasteiger partial charge in [0, 0.05) is 19.3 Å². The van der Waals surface area contributed by atoms with Gasteiger partial charge in [0.05, 0.1) is 0 Å². The highest BCUT2D eigenvalue weighted by atomic mass is 16.6. The maximum absolute atomic E-state index is 12.8. The average molecular weight is 906 g/mol. The second-order valence-electron chi connectivity index (χ2n) is 20.6. The molecule has 6 heteroatoms. The van der Waals surface area contributed by atoms with E-state index in [4.69, 9.17) is 14.2 Å². The van der Waals surface area contributed by atoms with Gasteiger partial charge in [0.15, 0.2) is 6.10 Å². The molecule has 0 aromatic heterocycles. The summed E-state index contributed by atoms with van der Waals surface area (Å²) in [6.45, 7) is 11.4. The van der Waals surface area contributed by atoms with Crippen LogP contribution in [0, 0.1) is 11.8 Å². The summed E-state index contributed by atoms with van der Waals surface area (Å²) in [6, 6.07) is 0. The van der Waals surface area contributed by atoms with Crippen LogP contribution in [0.4, 0.5) is 0 Å². The predicted octanol–water partition coefficient (Wildman–Crippen LogP) is 18.9. The minimum atomic E-state index is -0.763. The smallest absolute Gasteiger partial charge is 0.306 e. The van der Waals surface area contributed by atoms with Crippen molar-refractivity contribution >= 4 is 17.9 Å². The molecule has 0 aliphatic heterocycles. The number of carbonyl (C=O) groups excluding carboxylic acids is 3. The van der Waals surface area contributed by atoms with Gasteiger partial charge in [-0.25, -0.2) is 0 Å². The SMILES string of the molecule is CCCCCCCCCCCCCCCCCCCCC(=O)OC[C@@H](COC(=O)CCCCCCCCCCC(C)CC)OC(=O)CCCCCCCCCCCCCCCC(C)C. The van der Waals surface area contributed by atoms with Crippen LogP contribution in [0.1, 0.15) is 324 Å². The van der Waals surface area contributed by atoms with Gasteiger partial charge in [-0.05, 0) is 31.1 Å². The van der Waals surface area contributed by atoms with E-state index in [0.29, 0.717) is 19.3 Å². The summed E-state index contributed by atoms with van der Waals surface area (Å²) >= 11 is 0. The number of hydrogen-bond donors (Lipinski definition) is 0. The van der Waals surface area contributed by atoms with Gasteiger partial charge in [-0.1, -0.05) is 285 Å². The van der Waals surface area contributed by atoms with Crippen molar-refractivity contribution in [3.63, 3.8) is 0 Å². The van der Waals surface area contributed by atoms with Gasteiger partial charge in [-0.2, -0.15) is 0 Å². The lowest BCUT2D eigenvalue weighted by Gasteiger charge is -2.18. The maximum Gasteiger partial charge on any atom is 0.306 e. The van der Waals surface area contributed by atoms with E-state index in [2.05, 4.69) is 34.6 Å². The molecular formula is C58H112O6. The summed E-state index contributed by atoms with van der Waals surface area (Å²) in [4.78, 5) is 38.1. The van der Waals surface area contributed by atoms with Crippen molar-refractivity contribution in [1.29, 1.82) is 0 Å². The molecule has 0 rings (SSSR count). The molecule has 0 saturated carbocycles. The Morgan fingerprint density at radius 2 is 0.594 bits per heavy atom. The number of carbonyl (C=O) groups is 3. The third-order valence-electron chi connectivity index (χ3n) is 13.6. The molecule has 0 aliphatic carbocycles. The molecule has 0 N–H and O–H groups in total. The number of ether oxygens (including phenoxy) is 3. The van der Waals surface area contributed by atoms with Crippen LogP contribution < -0.4 is 0 Å². The van der Waals surface area contributed by atoms with Gasteiger partial charge in [-0.15, -0.1) is 0 Å². The molecule has 0 spiro atoms. The van der Waals surface area contributed by atoms with Crippen molar-refractivity contribution in [2.24, 2.45) is 11.8 Å². The number of hydrogen-bond acceptors (Lipinski definition) is 6. The molecule has 0 aromatic rings. The molecule has 0 bridgehead atoms. The minimum absolute atomic E-state index is 0.0631. The number of unbranched alkanes of at least 4 members (excludes halogenated alkanes) is 36. The fourth-order valence-electron chi connectivity index (χ4n) is 8.84. The molecule has 0 fully saturated rings. The van der Waals surface area contributed by atoms with E-state index in [9.17, 15) is 14.4 Å². The summed E-state index contributed by atoms with van der Waals surface area (Å²) in [5.41, 5.74) is 0. The van der Waals surface area contributed by atoms with Crippen LogP contribution in [-0.4, -0.2) is 37.2 Å². The molecule has 6 nitrogen and oxygen atoms in total. The molecule has 0 saturated heterocycles. The summed E-state index contributed by atoms with van der Waals surface area (Å²) in [5, 5.41) is 0. The van der Waals surface area contributed by atoms with E-state index in [1.165, 1.54) is 212 Å². The standard InChI is InChI=1S/C58H112O6/c1-6-8-9-10-11-12-13-14-15-16-17-18-21-24-27-33-38-43-48-56(59)62-51-55(52-63-57(60)49-44-39-34-30-29-32-37-42-47-54(5)7-2)64-58(61)50-45-40-35-28-25-22-19-20-23-26-31-36-41-46-53(3)4/h53-55H,6-52H2,1-5H3/t54?,55-/m0/s1. The van der Waals surface area contributed by atoms with Crippen LogP contribution in [0.25, 0.3) is 0 Å². The van der Waals surface area contributed by atoms with Crippen LogP contribution in [0.5, 0.6) is 0 Å². The Labute approximate surface area is 399 Å². The third-order valence-corrected chi connectivity index (χ3v) is 13.6. The zero-order valence-corrected chi connectivity index (χ0v) is 43.9. The second kappa shape index (κ2) is 50.8. The van der Waals surface area contributed by atoms with E-state index >= 15 is 0 Å². The lowest BCUT2D eigenvalue weighted by atomic mass is 9.99. The van der Waals surface area contributed by atoms with Crippen LogP contribution in [-0.2, 0) is 28.6 Å². The molecule has 2 atom stereocenters. The van der Waals surface area contributed by atoms with E-state index < -0.39 is 6.10 Å². The fraction of sp³-hybridized carbons (Fsp3) is 0.948. The Morgan fingerprint density at radius 3 is 0.891 bits per heavy atom. The first-order valence-electron chi connectivity index (χ1n) is 28.8. The highest BCUT2D eigenvalue weighted by Crippen LogP contribution is 2.18. The zero-order chi connectivity index (χ0) is 46.8. The predicted molar refractivity (Wildman–Crippen MR) is 275 cm³/mol. The van der Waals surface area contributed by atoms with Crippen molar-refractivity contribution in [2.75, 3.05) is 13.2 Å². The highest BCUT2D eigenvalue weighted by molar-refractivity contribution is 5.71. The second-order valence-corrected chi connectivity index (χ2v) is 20.6. The van der Waals surface area contributed by atoms with E-state index in [-0.39, 0.29) is 31.1 Å². The van der Waals surface area contributed by atoms with Crippen LogP contribution in [0.3, 0.4) is 0 Å². The van der Waals surface area contributed by atoms with E-state index in [1.807, 2.05) is 0 Å². The Hall–Kier alpha value is -1.59. The molecule has 0 radical (unpaired) electrons. The Kier molecular flexibility index (Phi) is 49.6. The van der Waals surface area contributed by atoms with E-state index in [0.717, 1.165) is 69.6 Å². The number of esters is 3. The van der Waals surface area contributed by atoms with Crippen LogP contribution in [0.15, 0.2) is 0 Å². The molecule has 0 heterocycles.